The first-order chi connectivity index (χ1) is 6.79. The molecule has 0 rings (SSSR count). The van der Waals surface area contributed by atoms with E-state index in [2.05, 4.69) is 19.2 Å². The van der Waals surface area contributed by atoms with Crippen LogP contribution in [0.25, 0.3) is 0 Å². The normalized spacial score (nSPS) is 13.5. The Labute approximate surface area is 90.0 Å². The van der Waals surface area contributed by atoms with Crippen molar-refractivity contribution in [3.63, 3.8) is 0 Å². The highest BCUT2D eigenvalue weighted by Gasteiger charge is 2.23. The lowest BCUT2D eigenvalue weighted by molar-refractivity contribution is 0.198. The van der Waals surface area contributed by atoms with Crippen LogP contribution in [-0.4, -0.2) is 34.7 Å². The van der Waals surface area contributed by atoms with Gasteiger partial charge in [0.05, 0.1) is 0 Å². The van der Waals surface area contributed by atoms with Crippen LogP contribution in [0.4, 0.5) is 0 Å². The van der Waals surface area contributed by atoms with Crippen molar-refractivity contribution in [1.29, 1.82) is 0 Å². The summed E-state index contributed by atoms with van der Waals surface area (Å²) in [5.41, 5.74) is 0.463. The first-order valence-electron chi connectivity index (χ1n) is 5.76. The first-order valence-corrected chi connectivity index (χ1v) is 7.37. The molecule has 14 heavy (non-hydrogen) atoms. The predicted octanol–water partition coefficient (Wildman–Crippen LogP) is 1.60. The van der Waals surface area contributed by atoms with Crippen molar-refractivity contribution in [2.45, 2.75) is 46.2 Å². The number of hydrogen-bond donors (Lipinski definition) is 1. The van der Waals surface area contributed by atoms with Crippen molar-refractivity contribution in [3.05, 3.63) is 0 Å². The zero-order chi connectivity index (χ0) is 10.8. The van der Waals surface area contributed by atoms with Crippen LogP contribution in [0.3, 0.4) is 0 Å². The van der Waals surface area contributed by atoms with E-state index in [9.17, 15) is 0 Å². The standard InChI is InChI=1S/C10H25NO2Si/c1-5-9-10(11-6-2)14(12-7-3)13-8-4/h10-11,14H,5-9H2,1-4H3. The second-order valence-corrected chi connectivity index (χ2v) is 5.44. The summed E-state index contributed by atoms with van der Waals surface area (Å²) in [4.78, 5) is 0. The van der Waals surface area contributed by atoms with E-state index < -0.39 is 9.28 Å². The maximum atomic E-state index is 5.70. The Balaban J connectivity index is 4.06. The van der Waals surface area contributed by atoms with Crippen molar-refractivity contribution < 1.29 is 8.85 Å². The predicted molar refractivity (Wildman–Crippen MR) is 62.8 cm³/mol. The van der Waals surface area contributed by atoms with Crippen LogP contribution in [0, 0.1) is 0 Å². The number of rotatable bonds is 9. The van der Waals surface area contributed by atoms with E-state index in [0.717, 1.165) is 26.2 Å². The maximum absolute atomic E-state index is 5.70. The summed E-state index contributed by atoms with van der Waals surface area (Å²) in [7, 11) is -1.50. The Morgan fingerprint density at radius 3 is 2.00 bits per heavy atom. The fraction of sp³-hybridized carbons (Fsp3) is 1.00. The molecule has 3 nitrogen and oxygen atoms in total. The zero-order valence-electron chi connectivity index (χ0n) is 10.0. The summed E-state index contributed by atoms with van der Waals surface area (Å²) in [5.74, 6) is 0. The van der Waals surface area contributed by atoms with Gasteiger partial charge in [-0.3, -0.25) is 0 Å². The fourth-order valence-electron chi connectivity index (χ4n) is 1.52. The van der Waals surface area contributed by atoms with Crippen molar-refractivity contribution in [3.8, 4) is 0 Å². The highest BCUT2D eigenvalue weighted by molar-refractivity contribution is 6.46. The molecule has 1 N–H and O–H groups in total. The summed E-state index contributed by atoms with van der Waals surface area (Å²) < 4.78 is 11.4. The van der Waals surface area contributed by atoms with Gasteiger partial charge < -0.3 is 14.2 Å². The third-order valence-electron chi connectivity index (χ3n) is 2.06. The van der Waals surface area contributed by atoms with E-state index in [1.165, 1.54) is 6.42 Å². The van der Waals surface area contributed by atoms with Crippen LogP contribution in [-0.2, 0) is 8.85 Å². The van der Waals surface area contributed by atoms with Gasteiger partial charge in [-0.2, -0.15) is 0 Å². The molecule has 0 saturated carbocycles. The number of nitrogens with one attached hydrogen (secondary N) is 1. The molecule has 0 aromatic heterocycles. The third-order valence-corrected chi connectivity index (χ3v) is 4.61. The second kappa shape index (κ2) is 9.64. The van der Waals surface area contributed by atoms with Crippen molar-refractivity contribution in [2.75, 3.05) is 19.8 Å². The molecule has 0 bridgehead atoms. The van der Waals surface area contributed by atoms with Gasteiger partial charge in [0.1, 0.15) is 0 Å². The summed E-state index contributed by atoms with van der Waals surface area (Å²) >= 11 is 0. The Bertz CT molecular complexity index is 98.7. The molecule has 0 spiro atoms. The second-order valence-electron chi connectivity index (χ2n) is 3.23. The van der Waals surface area contributed by atoms with E-state index in [0.29, 0.717) is 5.67 Å². The molecule has 0 amide bonds. The van der Waals surface area contributed by atoms with Crippen LogP contribution in [0.5, 0.6) is 0 Å². The Kier molecular flexibility index (Phi) is 9.71. The smallest absolute Gasteiger partial charge is 0.338 e. The highest BCUT2D eigenvalue weighted by atomic mass is 28.3. The van der Waals surface area contributed by atoms with Crippen LogP contribution in [0.2, 0.25) is 0 Å². The lowest BCUT2D eigenvalue weighted by Gasteiger charge is -2.25. The molecule has 1 atom stereocenters. The van der Waals surface area contributed by atoms with Gasteiger partial charge >= 0.3 is 9.28 Å². The summed E-state index contributed by atoms with van der Waals surface area (Å²) in [6.45, 7) is 10.9. The average molecular weight is 219 g/mol. The summed E-state index contributed by atoms with van der Waals surface area (Å²) in [6, 6.07) is 0. The van der Waals surface area contributed by atoms with E-state index >= 15 is 0 Å². The van der Waals surface area contributed by atoms with Crippen molar-refractivity contribution in [2.24, 2.45) is 0 Å². The van der Waals surface area contributed by atoms with Gasteiger partial charge in [0, 0.05) is 18.9 Å². The van der Waals surface area contributed by atoms with Gasteiger partial charge in [-0.05, 0) is 26.8 Å². The lowest BCUT2D eigenvalue weighted by Crippen LogP contribution is -2.47. The molecule has 1 unspecified atom stereocenters. The minimum atomic E-state index is -1.50. The molecular formula is C10H25NO2Si. The topological polar surface area (TPSA) is 30.5 Å². The van der Waals surface area contributed by atoms with Gasteiger partial charge in [0.15, 0.2) is 0 Å². The molecule has 0 aromatic carbocycles. The molecule has 0 aromatic rings. The van der Waals surface area contributed by atoms with Gasteiger partial charge in [-0.25, -0.2) is 0 Å². The molecule has 0 fully saturated rings. The minimum absolute atomic E-state index is 0.463. The first kappa shape index (κ1) is 14.1. The molecule has 0 radical (unpaired) electrons. The molecule has 0 aliphatic rings. The van der Waals surface area contributed by atoms with Crippen LogP contribution < -0.4 is 5.32 Å². The third kappa shape index (κ3) is 5.75. The Hall–Kier alpha value is 0.0969. The zero-order valence-corrected chi connectivity index (χ0v) is 11.2. The molecule has 0 saturated heterocycles. The fourth-order valence-corrected chi connectivity index (χ4v) is 3.77. The quantitative estimate of drug-likeness (QED) is 0.598. The van der Waals surface area contributed by atoms with Crippen LogP contribution >= 0.6 is 0 Å². The maximum Gasteiger partial charge on any atom is 0.338 e. The largest absolute Gasteiger partial charge is 0.396 e. The van der Waals surface area contributed by atoms with E-state index in [1.54, 1.807) is 0 Å². The molecule has 86 valence electrons. The molecule has 0 aliphatic carbocycles. The van der Waals surface area contributed by atoms with E-state index in [4.69, 9.17) is 8.85 Å². The van der Waals surface area contributed by atoms with Gasteiger partial charge in [0.25, 0.3) is 0 Å². The van der Waals surface area contributed by atoms with E-state index in [1.807, 2.05) is 13.8 Å². The average Bonchev–Trinajstić information content (AvgIpc) is 2.17. The monoisotopic (exact) mass is 219 g/mol. The van der Waals surface area contributed by atoms with Gasteiger partial charge in [-0.15, -0.1) is 0 Å². The lowest BCUT2D eigenvalue weighted by atomic mass is 10.3. The molecule has 0 aliphatic heterocycles. The highest BCUT2D eigenvalue weighted by Crippen LogP contribution is 2.04. The van der Waals surface area contributed by atoms with Crippen molar-refractivity contribution in [1.82, 2.24) is 5.32 Å². The van der Waals surface area contributed by atoms with Gasteiger partial charge in [-0.1, -0.05) is 20.3 Å². The summed E-state index contributed by atoms with van der Waals surface area (Å²) in [5, 5.41) is 3.46. The molecule has 4 heteroatoms. The van der Waals surface area contributed by atoms with Crippen molar-refractivity contribution >= 4 is 9.28 Å². The summed E-state index contributed by atoms with van der Waals surface area (Å²) in [6.07, 6.45) is 2.34. The van der Waals surface area contributed by atoms with Crippen LogP contribution in [0.15, 0.2) is 0 Å². The SMILES string of the molecule is CCCC(NCC)[SiH](OCC)OCC. The van der Waals surface area contributed by atoms with Crippen LogP contribution in [0.1, 0.15) is 40.5 Å². The number of hydrogen-bond acceptors (Lipinski definition) is 3. The minimum Gasteiger partial charge on any atom is -0.396 e. The Morgan fingerprint density at radius 1 is 1.07 bits per heavy atom. The Morgan fingerprint density at radius 2 is 1.64 bits per heavy atom. The molecule has 0 heterocycles. The van der Waals surface area contributed by atoms with Gasteiger partial charge in [0.2, 0.25) is 0 Å². The molecular weight excluding hydrogens is 194 g/mol. The van der Waals surface area contributed by atoms with E-state index in [-0.39, 0.29) is 0 Å².